The molecule has 3 nitrogen and oxygen atoms in total. The van der Waals surface area contributed by atoms with Crippen LogP contribution in [0.25, 0.3) is 0 Å². The van der Waals surface area contributed by atoms with Crippen LogP contribution in [0, 0.1) is 5.92 Å². The summed E-state index contributed by atoms with van der Waals surface area (Å²) in [4.78, 5) is 12.6. The van der Waals surface area contributed by atoms with Gasteiger partial charge in [-0.25, -0.2) is 0 Å². The van der Waals surface area contributed by atoms with E-state index in [9.17, 15) is 9.90 Å². The number of hydrogen-bond donors (Lipinski definition) is 2. The third-order valence-electron chi connectivity index (χ3n) is 3.62. The summed E-state index contributed by atoms with van der Waals surface area (Å²) >= 11 is 1.83. The first-order valence-corrected chi connectivity index (χ1v) is 7.76. The highest BCUT2D eigenvalue weighted by Crippen LogP contribution is 2.40. The number of unbranched alkanes of at least 4 members (excludes halogenated alkanes) is 1. The molecule has 0 saturated heterocycles. The summed E-state index contributed by atoms with van der Waals surface area (Å²) in [5.41, 5.74) is 6.82. The Morgan fingerprint density at radius 1 is 1.42 bits per heavy atom. The maximum atomic E-state index is 11.3. The lowest BCUT2D eigenvalue weighted by Crippen LogP contribution is -2.19. The highest BCUT2D eigenvalue weighted by molar-refractivity contribution is 8.00. The van der Waals surface area contributed by atoms with Crippen molar-refractivity contribution in [2.24, 2.45) is 11.7 Å². The second kappa shape index (κ2) is 6.96. The number of rotatable bonds is 7. The van der Waals surface area contributed by atoms with Crippen LogP contribution in [-0.4, -0.2) is 22.9 Å². The van der Waals surface area contributed by atoms with Crippen LogP contribution in [0.5, 0.6) is 0 Å². The number of carbonyl (C=O) groups is 1. The van der Waals surface area contributed by atoms with Gasteiger partial charge in [0.15, 0.2) is 0 Å². The molecule has 1 aromatic carbocycles. The number of fused-ring (bicyclic) bond motifs is 1. The molecule has 2 rings (SSSR count). The largest absolute Gasteiger partial charge is 0.481 e. The summed E-state index contributed by atoms with van der Waals surface area (Å²) < 4.78 is 0. The van der Waals surface area contributed by atoms with Gasteiger partial charge >= 0.3 is 5.97 Å². The molecule has 4 heteroatoms. The van der Waals surface area contributed by atoms with Gasteiger partial charge in [-0.3, -0.25) is 4.79 Å². The third kappa shape index (κ3) is 3.98. The number of thioether (sulfide) groups is 1. The molecule has 1 aliphatic heterocycles. The van der Waals surface area contributed by atoms with Crippen LogP contribution in [0.4, 0.5) is 0 Å². The highest BCUT2D eigenvalue weighted by Gasteiger charge is 2.27. The smallest absolute Gasteiger partial charge is 0.306 e. The van der Waals surface area contributed by atoms with Crippen LogP contribution < -0.4 is 5.73 Å². The van der Waals surface area contributed by atoms with E-state index in [-0.39, 0.29) is 5.92 Å². The normalized spacial score (nSPS) is 19.1. The van der Waals surface area contributed by atoms with E-state index in [0.29, 0.717) is 11.8 Å². The third-order valence-corrected chi connectivity index (χ3v) is 4.96. The van der Waals surface area contributed by atoms with Crippen molar-refractivity contribution in [1.29, 1.82) is 0 Å². The monoisotopic (exact) mass is 279 g/mol. The first-order chi connectivity index (χ1) is 9.20. The lowest BCUT2D eigenvalue weighted by Gasteiger charge is -2.16. The Kier molecular flexibility index (Phi) is 5.28. The number of benzene rings is 1. The maximum Gasteiger partial charge on any atom is 0.306 e. The van der Waals surface area contributed by atoms with E-state index in [1.54, 1.807) is 0 Å². The highest BCUT2D eigenvalue weighted by atomic mass is 32.2. The fourth-order valence-corrected chi connectivity index (χ4v) is 3.99. The zero-order valence-corrected chi connectivity index (χ0v) is 11.9. The summed E-state index contributed by atoms with van der Waals surface area (Å²) in [5.74, 6) is -0.882. The predicted molar refractivity (Wildman–Crippen MR) is 78.4 cm³/mol. The minimum absolute atomic E-state index is 0.224. The van der Waals surface area contributed by atoms with Crippen molar-refractivity contribution in [3.8, 4) is 0 Å². The van der Waals surface area contributed by atoms with E-state index < -0.39 is 5.97 Å². The van der Waals surface area contributed by atoms with Gasteiger partial charge in [-0.2, -0.15) is 0 Å². The van der Waals surface area contributed by atoms with E-state index in [0.717, 1.165) is 32.1 Å². The van der Waals surface area contributed by atoms with Crippen molar-refractivity contribution in [3.63, 3.8) is 0 Å². The fraction of sp³-hybridized carbons (Fsp3) is 0.533. The van der Waals surface area contributed by atoms with Gasteiger partial charge in [-0.15, -0.1) is 11.8 Å². The summed E-state index contributed by atoms with van der Waals surface area (Å²) in [5, 5.41) is 9.72. The number of hydrogen-bond acceptors (Lipinski definition) is 3. The average Bonchev–Trinajstić information content (AvgIpc) is 2.80. The van der Waals surface area contributed by atoms with Gasteiger partial charge in [0.25, 0.3) is 0 Å². The molecule has 3 N–H and O–H groups in total. The number of aliphatic carboxylic acids is 1. The van der Waals surface area contributed by atoms with Crippen LogP contribution in [-0.2, 0) is 11.2 Å². The Balaban J connectivity index is 1.87. The fourth-order valence-electron chi connectivity index (χ4n) is 2.58. The topological polar surface area (TPSA) is 63.3 Å². The molecule has 104 valence electrons. The standard InChI is InChI=1S/C15H21NO2S/c16-8-4-3-6-12(15(17)18)10-13-9-11-5-1-2-7-14(11)19-13/h1-2,5,7,12-13H,3-4,6,8-10,16H2,(H,17,18). The number of carboxylic acid groups (broad SMARTS) is 1. The second-order valence-corrected chi connectivity index (χ2v) is 6.45. The molecule has 0 spiro atoms. The maximum absolute atomic E-state index is 11.3. The first-order valence-electron chi connectivity index (χ1n) is 6.88. The second-order valence-electron chi connectivity index (χ2n) is 5.11. The molecule has 1 heterocycles. The van der Waals surface area contributed by atoms with E-state index in [2.05, 4.69) is 18.2 Å². The molecule has 0 amide bonds. The summed E-state index contributed by atoms with van der Waals surface area (Å²) in [6.07, 6.45) is 4.35. The number of carboxylic acids is 1. The van der Waals surface area contributed by atoms with Crippen molar-refractivity contribution in [2.45, 2.75) is 42.2 Å². The zero-order valence-electron chi connectivity index (χ0n) is 11.0. The molecule has 1 aromatic rings. The minimum Gasteiger partial charge on any atom is -0.481 e. The van der Waals surface area contributed by atoms with Crippen molar-refractivity contribution < 1.29 is 9.90 Å². The molecule has 19 heavy (non-hydrogen) atoms. The van der Waals surface area contributed by atoms with Crippen LogP contribution in [0.1, 0.15) is 31.2 Å². The first kappa shape index (κ1) is 14.4. The van der Waals surface area contributed by atoms with Gasteiger partial charge in [0.05, 0.1) is 5.92 Å². The Labute approximate surface area is 118 Å². The minimum atomic E-state index is -0.659. The van der Waals surface area contributed by atoms with Gasteiger partial charge in [-0.1, -0.05) is 24.6 Å². The van der Waals surface area contributed by atoms with E-state index in [4.69, 9.17) is 5.73 Å². The summed E-state index contributed by atoms with van der Waals surface area (Å²) in [7, 11) is 0. The molecule has 0 aliphatic carbocycles. The van der Waals surface area contributed by atoms with E-state index in [1.807, 2.05) is 17.8 Å². The Morgan fingerprint density at radius 2 is 2.21 bits per heavy atom. The van der Waals surface area contributed by atoms with E-state index >= 15 is 0 Å². The average molecular weight is 279 g/mol. The van der Waals surface area contributed by atoms with Crippen molar-refractivity contribution in [1.82, 2.24) is 0 Å². The molecule has 0 aromatic heterocycles. The molecule has 2 unspecified atom stereocenters. The van der Waals surface area contributed by atoms with Crippen LogP contribution in [0.3, 0.4) is 0 Å². The molecule has 0 fully saturated rings. The van der Waals surface area contributed by atoms with Gasteiger partial charge in [0.1, 0.15) is 0 Å². The van der Waals surface area contributed by atoms with Gasteiger partial charge < -0.3 is 10.8 Å². The van der Waals surface area contributed by atoms with Crippen molar-refractivity contribution >= 4 is 17.7 Å². The Hall–Kier alpha value is -1.00. The quantitative estimate of drug-likeness (QED) is 0.753. The van der Waals surface area contributed by atoms with Crippen LogP contribution in [0.2, 0.25) is 0 Å². The molecule has 0 saturated carbocycles. The molecule has 2 atom stereocenters. The van der Waals surface area contributed by atoms with Gasteiger partial charge in [0.2, 0.25) is 0 Å². The van der Waals surface area contributed by atoms with Crippen LogP contribution in [0.15, 0.2) is 29.2 Å². The van der Waals surface area contributed by atoms with Gasteiger partial charge in [-0.05, 0) is 43.9 Å². The summed E-state index contributed by atoms with van der Waals surface area (Å²) in [6, 6.07) is 8.37. The van der Waals surface area contributed by atoms with Gasteiger partial charge in [0, 0.05) is 10.1 Å². The van der Waals surface area contributed by atoms with E-state index in [1.165, 1.54) is 10.5 Å². The Morgan fingerprint density at radius 3 is 2.89 bits per heavy atom. The summed E-state index contributed by atoms with van der Waals surface area (Å²) in [6.45, 7) is 0.649. The lowest BCUT2D eigenvalue weighted by atomic mass is 9.94. The Bertz CT molecular complexity index is 411. The molecular weight excluding hydrogens is 258 g/mol. The molecule has 0 radical (unpaired) electrons. The molecule has 0 bridgehead atoms. The lowest BCUT2D eigenvalue weighted by molar-refractivity contribution is -0.142. The molecular formula is C15H21NO2S. The SMILES string of the molecule is NCCCCC(CC1Cc2ccccc2S1)C(=O)O. The van der Waals surface area contributed by atoms with Crippen LogP contribution >= 0.6 is 11.8 Å². The number of nitrogens with two attached hydrogens (primary N) is 1. The van der Waals surface area contributed by atoms with Crippen molar-refractivity contribution in [2.75, 3.05) is 6.54 Å². The predicted octanol–water partition coefficient (Wildman–Crippen LogP) is 2.92. The zero-order chi connectivity index (χ0) is 13.7. The van der Waals surface area contributed by atoms with Crippen molar-refractivity contribution in [3.05, 3.63) is 29.8 Å². The molecule has 1 aliphatic rings.